The first-order chi connectivity index (χ1) is 7.72. The van der Waals surface area contributed by atoms with Crippen LogP contribution in [0.5, 0.6) is 0 Å². The monoisotopic (exact) mass is 224 g/mol. The number of carbonyl (C=O) groups excluding carboxylic acids is 1. The summed E-state index contributed by atoms with van der Waals surface area (Å²) >= 11 is 0. The van der Waals surface area contributed by atoms with Gasteiger partial charge in [0.15, 0.2) is 0 Å². The highest BCUT2D eigenvalue weighted by Crippen LogP contribution is 2.19. The summed E-state index contributed by atoms with van der Waals surface area (Å²) in [5.74, 6) is 0. The van der Waals surface area contributed by atoms with Crippen molar-refractivity contribution in [3.8, 4) is 0 Å². The molecule has 0 radical (unpaired) electrons. The molecule has 16 heavy (non-hydrogen) atoms. The van der Waals surface area contributed by atoms with Crippen molar-refractivity contribution >= 4 is 6.03 Å². The number of hydrogen-bond acceptors (Lipinski definition) is 1. The zero-order valence-electron chi connectivity index (χ0n) is 10.5. The zero-order valence-corrected chi connectivity index (χ0v) is 10.5. The number of allylic oxidation sites excluding steroid dienone is 1. The lowest BCUT2D eigenvalue weighted by Gasteiger charge is -2.15. The Morgan fingerprint density at radius 1 is 1.50 bits per heavy atom. The van der Waals surface area contributed by atoms with Gasteiger partial charge in [-0.15, -0.1) is 0 Å². The molecule has 0 spiro atoms. The number of hydrogen-bond donors (Lipinski definition) is 2. The standard InChI is InChI=1S/C13H24N2O/c1-3-11(2)15-13(16)14-10-9-12-7-5-4-6-8-12/h7,11H,3-6,8-10H2,1-2H3,(H2,14,15,16). The summed E-state index contributed by atoms with van der Waals surface area (Å²) in [6, 6.07) is 0.222. The molecular weight excluding hydrogens is 200 g/mol. The molecule has 0 heterocycles. The van der Waals surface area contributed by atoms with Gasteiger partial charge in [-0.3, -0.25) is 0 Å². The Kier molecular flexibility index (Phi) is 5.98. The van der Waals surface area contributed by atoms with Crippen molar-refractivity contribution in [2.75, 3.05) is 6.54 Å². The fourth-order valence-electron chi connectivity index (χ4n) is 1.85. The maximum absolute atomic E-state index is 11.4. The molecule has 0 aromatic rings. The zero-order chi connectivity index (χ0) is 11.8. The molecule has 0 aromatic heterocycles. The van der Waals surface area contributed by atoms with Gasteiger partial charge in [-0.2, -0.15) is 0 Å². The van der Waals surface area contributed by atoms with E-state index in [4.69, 9.17) is 0 Å². The van der Waals surface area contributed by atoms with Gasteiger partial charge in [-0.1, -0.05) is 18.6 Å². The number of carbonyl (C=O) groups is 1. The predicted octanol–water partition coefficient (Wildman–Crippen LogP) is 2.97. The van der Waals surface area contributed by atoms with Crippen molar-refractivity contribution in [2.24, 2.45) is 0 Å². The highest BCUT2D eigenvalue weighted by molar-refractivity contribution is 5.74. The summed E-state index contributed by atoms with van der Waals surface area (Å²) in [4.78, 5) is 11.4. The van der Waals surface area contributed by atoms with Crippen molar-refractivity contribution in [2.45, 2.75) is 58.4 Å². The average Bonchev–Trinajstić information content (AvgIpc) is 2.30. The topological polar surface area (TPSA) is 41.1 Å². The summed E-state index contributed by atoms with van der Waals surface area (Å²) < 4.78 is 0. The van der Waals surface area contributed by atoms with Crippen LogP contribution >= 0.6 is 0 Å². The van der Waals surface area contributed by atoms with Gasteiger partial charge in [0.25, 0.3) is 0 Å². The van der Waals surface area contributed by atoms with Crippen LogP contribution in [0.1, 0.15) is 52.4 Å². The van der Waals surface area contributed by atoms with Crippen LogP contribution < -0.4 is 10.6 Å². The SMILES string of the molecule is CCC(C)NC(=O)NCCC1=CCCCC1. The van der Waals surface area contributed by atoms with Gasteiger partial charge in [-0.25, -0.2) is 4.79 Å². The molecule has 0 saturated heterocycles. The first kappa shape index (κ1) is 13.1. The summed E-state index contributed by atoms with van der Waals surface area (Å²) in [6.45, 7) is 4.84. The lowest BCUT2D eigenvalue weighted by molar-refractivity contribution is 0.237. The van der Waals surface area contributed by atoms with E-state index in [0.29, 0.717) is 0 Å². The van der Waals surface area contributed by atoms with Gasteiger partial charge in [0.2, 0.25) is 0 Å². The van der Waals surface area contributed by atoms with E-state index in [2.05, 4.69) is 23.6 Å². The molecule has 92 valence electrons. The van der Waals surface area contributed by atoms with Gasteiger partial charge in [0.1, 0.15) is 0 Å². The molecule has 2 amide bonds. The minimum atomic E-state index is -0.0363. The molecule has 1 atom stereocenters. The van der Waals surface area contributed by atoms with E-state index in [1.54, 1.807) is 0 Å². The highest BCUT2D eigenvalue weighted by atomic mass is 16.2. The third kappa shape index (κ3) is 5.19. The van der Waals surface area contributed by atoms with E-state index in [1.807, 2.05) is 6.92 Å². The lowest BCUT2D eigenvalue weighted by Crippen LogP contribution is -2.40. The molecule has 0 bridgehead atoms. The van der Waals surface area contributed by atoms with Crippen molar-refractivity contribution in [3.63, 3.8) is 0 Å². The minimum absolute atomic E-state index is 0.0363. The van der Waals surface area contributed by atoms with Crippen LogP contribution in [0.25, 0.3) is 0 Å². The molecule has 1 aliphatic carbocycles. The third-order valence-electron chi connectivity index (χ3n) is 3.11. The summed E-state index contributed by atoms with van der Waals surface area (Å²) in [7, 11) is 0. The number of rotatable bonds is 5. The molecule has 1 aliphatic rings. The molecule has 3 nitrogen and oxygen atoms in total. The van der Waals surface area contributed by atoms with Crippen LogP contribution in [-0.4, -0.2) is 18.6 Å². The normalized spacial score (nSPS) is 17.5. The molecule has 0 aromatic carbocycles. The second-order valence-corrected chi connectivity index (χ2v) is 4.57. The molecule has 1 rings (SSSR count). The summed E-state index contributed by atoms with van der Waals surface area (Å²) in [5.41, 5.74) is 1.51. The Bertz CT molecular complexity index is 248. The molecule has 2 N–H and O–H groups in total. The van der Waals surface area contributed by atoms with E-state index in [9.17, 15) is 4.79 Å². The quantitative estimate of drug-likeness (QED) is 0.693. The van der Waals surface area contributed by atoms with Crippen molar-refractivity contribution in [1.82, 2.24) is 10.6 Å². The van der Waals surface area contributed by atoms with E-state index >= 15 is 0 Å². The Morgan fingerprint density at radius 3 is 2.94 bits per heavy atom. The molecule has 0 saturated carbocycles. The Labute approximate surface area is 98.7 Å². The summed E-state index contributed by atoms with van der Waals surface area (Å²) in [5, 5.41) is 5.80. The average molecular weight is 224 g/mol. The van der Waals surface area contributed by atoms with E-state index in [-0.39, 0.29) is 12.1 Å². The predicted molar refractivity (Wildman–Crippen MR) is 67.5 cm³/mol. The number of nitrogens with one attached hydrogen (secondary N) is 2. The smallest absolute Gasteiger partial charge is 0.315 e. The lowest BCUT2D eigenvalue weighted by atomic mass is 9.97. The van der Waals surface area contributed by atoms with Crippen LogP contribution in [-0.2, 0) is 0 Å². The molecular formula is C13H24N2O. The third-order valence-corrected chi connectivity index (χ3v) is 3.11. The number of amides is 2. The van der Waals surface area contributed by atoms with Gasteiger partial charge >= 0.3 is 6.03 Å². The molecule has 0 fully saturated rings. The Morgan fingerprint density at radius 2 is 2.31 bits per heavy atom. The van der Waals surface area contributed by atoms with Crippen molar-refractivity contribution < 1.29 is 4.79 Å². The van der Waals surface area contributed by atoms with Gasteiger partial charge in [-0.05, 0) is 45.4 Å². The van der Waals surface area contributed by atoms with Crippen LogP contribution in [0.2, 0.25) is 0 Å². The van der Waals surface area contributed by atoms with Crippen LogP contribution in [0.3, 0.4) is 0 Å². The first-order valence-corrected chi connectivity index (χ1v) is 6.44. The maximum Gasteiger partial charge on any atom is 0.315 e. The van der Waals surface area contributed by atoms with Crippen LogP contribution in [0, 0.1) is 0 Å². The molecule has 1 unspecified atom stereocenters. The second-order valence-electron chi connectivity index (χ2n) is 4.57. The maximum atomic E-state index is 11.4. The fraction of sp³-hybridized carbons (Fsp3) is 0.769. The van der Waals surface area contributed by atoms with Gasteiger partial charge in [0.05, 0.1) is 0 Å². The van der Waals surface area contributed by atoms with Crippen LogP contribution in [0.15, 0.2) is 11.6 Å². The summed E-state index contributed by atoms with van der Waals surface area (Å²) in [6.07, 6.45) is 9.38. The highest BCUT2D eigenvalue weighted by Gasteiger charge is 2.06. The minimum Gasteiger partial charge on any atom is -0.338 e. The van der Waals surface area contributed by atoms with Gasteiger partial charge < -0.3 is 10.6 Å². The van der Waals surface area contributed by atoms with Crippen LogP contribution in [0.4, 0.5) is 4.79 Å². The first-order valence-electron chi connectivity index (χ1n) is 6.44. The Hall–Kier alpha value is -0.990. The van der Waals surface area contributed by atoms with E-state index in [1.165, 1.54) is 31.3 Å². The number of urea groups is 1. The fourth-order valence-corrected chi connectivity index (χ4v) is 1.85. The Balaban J connectivity index is 2.10. The molecule has 0 aliphatic heterocycles. The van der Waals surface area contributed by atoms with E-state index in [0.717, 1.165) is 19.4 Å². The second kappa shape index (κ2) is 7.31. The van der Waals surface area contributed by atoms with E-state index < -0.39 is 0 Å². The molecule has 3 heteroatoms. The van der Waals surface area contributed by atoms with Crippen molar-refractivity contribution in [1.29, 1.82) is 0 Å². The van der Waals surface area contributed by atoms with Gasteiger partial charge in [0, 0.05) is 12.6 Å². The van der Waals surface area contributed by atoms with Crippen molar-refractivity contribution in [3.05, 3.63) is 11.6 Å². The largest absolute Gasteiger partial charge is 0.338 e.